The fourth-order valence-electron chi connectivity index (χ4n) is 1.63. The quantitative estimate of drug-likeness (QED) is 0.859. The number of aromatic nitrogens is 1. The van der Waals surface area contributed by atoms with Gasteiger partial charge in [0.25, 0.3) is 0 Å². The Morgan fingerprint density at radius 1 is 1.17 bits per heavy atom. The first-order chi connectivity index (χ1) is 8.58. The van der Waals surface area contributed by atoms with Crippen molar-refractivity contribution in [3.8, 4) is 11.6 Å². The number of hydrogen-bond acceptors (Lipinski definition) is 3. The van der Waals surface area contributed by atoms with Crippen molar-refractivity contribution in [2.75, 3.05) is 0 Å². The van der Waals surface area contributed by atoms with Crippen molar-refractivity contribution in [1.29, 1.82) is 0 Å². The number of pyridine rings is 1. The van der Waals surface area contributed by atoms with Crippen molar-refractivity contribution in [2.45, 2.75) is 13.8 Å². The highest BCUT2D eigenvalue weighted by atomic mass is 32.1. The third kappa shape index (κ3) is 2.65. The van der Waals surface area contributed by atoms with Gasteiger partial charge in [-0.15, -0.1) is 0 Å². The fourth-order valence-corrected chi connectivity index (χ4v) is 1.88. The number of benzene rings is 1. The van der Waals surface area contributed by atoms with Crippen molar-refractivity contribution >= 4 is 17.2 Å². The Balaban J connectivity index is 2.37. The van der Waals surface area contributed by atoms with Crippen molar-refractivity contribution < 1.29 is 4.74 Å². The summed E-state index contributed by atoms with van der Waals surface area (Å²) in [5.41, 5.74) is 8.53. The number of ether oxygens (including phenoxy) is 1. The van der Waals surface area contributed by atoms with Crippen LogP contribution < -0.4 is 10.5 Å². The zero-order valence-corrected chi connectivity index (χ0v) is 11.1. The summed E-state index contributed by atoms with van der Waals surface area (Å²) in [6.07, 6.45) is 1.68. The largest absolute Gasteiger partial charge is 0.438 e. The molecule has 0 aliphatic carbocycles. The number of nitrogens with two attached hydrogens (primary N) is 1. The first kappa shape index (κ1) is 12.5. The molecule has 3 nitrogen and oxygen atoms in total. The average molecular weight is 258 g/mol. The predicted molar refractivity (Wildman–Crippen MR) is 76.1 cm³/mol. The molecule has 0 aliphatic heterocycles. The zero-order valence-electron chi connectivity index (χ0n) is 10.3. The lowest BCUT2D eigenvalue weighted by molar-refractivity contribution is 0.461. The maximum absolute atomic E-state index is 5.73. The summed E-state index contributed by atoms with van der Waals surface area (Å²) < 4.78 is 5.73. The SMILES string of the molecule is Cc1ccc(Oc2nccc(C)c2C(N)=S)cc1. The van der Waals surface area contributed by atoms with Gasteiger partial charge in [-0.05, 0) is 37.6 Å². The summed E-state index contributed by atoms with van der Waals surface area (Å²) in [5, 5.41) is 0. The maximum Gasteiger partial charge on any atom is 0.229 e. The van der Waals surface area contributed by atoms with Crippen LogP contribution in [0.5, 0.6) is 11.6 Å². The molecule has 2 N–H and O–H groups in total. The van der Waals surface area contributed by atoms with Crippen molar-refractivity contribution in [3.05, 3.63) is 53.2 Å². The second-order valence-corrected chi connectivity index (χ2v) is 4.53. The fraction of sp³-hybridized carbons (Fsp3) is 0.143. The highest BCUT2D eigenvalue weighted by molar-refractivity contribution is 7.80. The molecule has 4 heteroatoms. The molecule has 0 unspecified atom stereocenters. The molecule has 0 fully saturated rings. The minimum absolute atomic E-state index is 0.294. The molecule has 0 amide bonds. The molecule has 0 atom stereocenters. The molecule has 1 aromatic carbocycles. The van der Waals surface area contributed by atoms with Gasteiger partial charge in [0.1, 0.15) is 10.7 Å². The summed E-state index contributed by atoms with van der Waals surface area (Å²) >= 11 is 5.03. The number of rotatable bonds is 3. The summed E-state index contributed by atoms with van der Waals surface area (Å²) in [6.45, 7) is 3.95. The molecule has 1 aromatic heterocycles. The molecule has 18 heavy (non-hydrogen) atoms. The molecule has 2 aromatic rings. The van der Waals surface area contributed by atoms with Gasteiger partial charge < -0.3 is 10.5 Å². The standard InChI is InChI=1S/C14H14N2OS/c1-9-3-5-11(6-4-9)17-14-12(13(15)18)10(2)7-8-16-14/h3-8H,1-2H3,(H2,15,18). The normalized spacial score (nSPS) is 10.1. The van der Waals surface area contributed by atoms with E-state index >= 15 is 0 Å². The highest BCUT2D eigenvalue weighted by Crippen LogP contribution is 2.25. The predicted octanol–water partition coefficient (Wildman–Crippen LogP) is 3.12. The van der Waals surface area contributed by atoms with Crippen LogP contribution in [0, 0.1) is 13.8 Å². The van der Waals surface area contributed by atoms with Crippen LogP contribution in [0.15, 0.2) is 36.5 Å². The van der Waals surface area contributed by atoms with Crippen LogP contribution in [-0.4, -0.2) is 9.97 Å². The summed E-state index contributed by atoms with van der Waals surface area (Å²) in [5.74, 6) is 1.17. The zero-order chi connectivity index (χ0) is 13.1. The summed E-state index contributed by atoms with van der Waals surface area (Å²) in [4.78, 5) is 4.48. The monoisotopic (exact) mass is 258 g/mol. The molecular formula is C14H14N2OS. The smallest absolute Gasteiger partial charge is 0.229 e. The molecule has 1 heterocycles. The van der Waals surface area contributed by atoms with Gasteiger partial charge in [-0.3, -0.25) is 0 Å². The van der Waals surface area contributed by atoms with Crippen LogP contribution in [0.3, 0.4) is 0 Å². The van der Waals surface area contributed by atoms with E-state index in [1.54, 1.807) is 6.20 Å². The van der Waals surface area contributed by atoms with Gasteiger partial charge in [0.2, 0.25) is 5.88 Å². The van der Waals surface area contributed by atoms with Gasteiger partial charge in [0.05, 0.1) is 5.56 Å². The highest BCUT2D eigenvalue weighted by Gasteiger charge is 2.11. The van der Waals surface area contributed by atoms with Gasteiger partial charge in [-0.1, -0.05) is 29.9 Å². The van der Waals surface area contributed by atoms with Gasteiger partial charge in [0.15, 0.2) is 0 Å². The molecule has 0 spiro atoms. The molecule has 0 radical (unpaired) electrons. The van der Waals surface area contributed by atoms with Crippen LogP contribution in [-0.2, 0) is 0 Å². The molecule has 92 valence electrons. The molecule has 0 bridgehead atoms. The third-order valence-corrected chi connectivity index (χ3v) is 2.81. The second-order valence-electron chi connectivity index (χ2n) is 4.09. The lowest BCUT2D eigenvalue weighted by atomic mass is 10.1. The Morgan fingerprint density at radius 3 is 2.44 bits per heavy atom. The minimum atomic E-state index is 0.294. The van der Waals surface area contributed by atoms with Gasteiger partial charge in [-0.2, -0.15) is 0 Å². The lowest BCUT2D eigenvalue weighted by Crippen LogP contribution is -2.13. The Kier molecular flexibility index (Phi) is 3.58. The number of thiocarbonyl (C=S) groups is 1. The topological polar surface area (TPSA) is 48.1 Å². The Hall–Kier alpha value is -1.94. The van der Waals surface area contributed by atoms with Crippen molar-refractivity contribution in [3.63, 3.8) is 0 Å². The van der Waals surface area contributed by atoms with E-state index < -0.39 is 0 Å². The first-order valence-corrected chi connectivity index (χ1v) is 5.98. The van der Waals surface area contributed by atoms with Crippen LogP contribution in [0.1, 0.15) is 16.7 Å². The maximum atomic E-state index is 5.73. The molecular weight excluding hydrogens is 244 g/mol. The molecule has 0 saturated carbocycles. The van der Waals surface area contributed by atoms with E-state index in [2.05, 4.69) is 4.98 Å². The van der Waals surface area contributed by atoms with E-state index in [9.17, 15) is 0 Å². The van der Waals surface area contributed by atoms with E-state index in [1.165, 1.54) is 5.56 Å². The first-order valence-electron chi connectivity index (χ1n) is 5.58. The number of nitrogens with zero attached hydrogens (tertiary/aromatic N) is 1. The van der Waals surface area contributed by atoms with Crippen molar-refractivity contribution in [2.24, 2.45) is 5.73 Å². The number of hydrogen-bond donors (Lipinski definition) is 1. The van der Waals surface area contributed by atoms with Crippen LogP contribution in [0.4, 0.5) is 0 Å². The molecule has 0 saturated heterocycles. The van der Waals surface area contributed by atoms with E-state index in [4.69, 9.17) is 22.7 Å². The lowest BCUT2D eigenvalue weighted by Gasteiger charge is -2.11. The van der Waals surface area contributed by atoms with Crippen LogP contribution in [0.2, 0.25) is 0 Å². The van der Waals surface area contributed by atoms with E-state index in [0.29, 0.717) is 16.4 Å². The van der Waals surface area contributed by atoms with Gasteiger partial charge >= 0.3 is 0 Å². The Bertz CT molecular complexity index is 579. The van der Waals surface area contributed by atoms with E-state index in [1.807, 2.05) is 44.2 Å². The van der Waals surface area contributed by atoms with E-state index in [-0.39, 0.29) is 0 Å². The Labute approximate surface area is 112 Å². The summed E-state index contributed by atoms with van der Waals surface area (Å²) in [6, 6.07) is 9.60. The average Bonchev–Trinajstić information content (AvgIpc) is 2.32. The van der Waals surface area contributed by atoms with Crippen molar-refractivity contribution in [1.82, 2.24) is 4.98 Å². The van der Waals surface area contributed by atoms with Gasteiger partial charge in [0, 0.05) is 6.20 Å². The number of aryl methyl sites for hydroxylation is 2. The minimum Gasteiger partial charge on any atom is -0.438 e. The molecule has 2 rings (SSSR count). The Morgan fingerprint density at radius 2 is 1.83 bits per heavy atom. The van der Waals surface area contributed by atoms with E-state index in [0.717, 1.165) is 11.3 Å². The molecule has 0 aliphatic rings. The van der Waals surface area contributed by atoms with Crippen LogP contribution >= 0.6 is 12.2 Å². The summed E-state index contributed by atoms with van der Waals surface area (Å²) in [7, 11) is 0. The third-order valence-electron chi connectivity index (χ3n) is 2.61. The second kappa shape index (κ2) is 5.14. The van der Waals surface area contributed by atoms with Crippen LogP contribution in [0.25, 0.3) is 0 Å². The van der Waals surface area contributed by atoms with Gasteiger partial charge in [-0.25, -0.2) is 4.98 Å².